The monoisotopic (exact) mass is 239 g/mol. The lowest BCUT2D eigenvalue weighted by atomic mass is 10.1. The Morgan fingerprint density at radius 1 is 1.53 bits per heavy atom. The van der Waals surface area contributed by atoms with Crippen molar-refractivity contribution in [1.29, 1.82) is 0 Å². The number of nitrogens with zero attached hydrogens (tertiary/aromatic N) is 1. The molecule has 1 heterocycles. The second-order valence-electron chi connectivity index (χ2n) is 4.19. The molecule has 5 nitrogen and oxygen atoms in total. The minimum atomic E-state index is -1.02. The van der Waals surface area contributed by atoms with Crippen molar-refractivity contribution in [2.75, 3.05) is 20.7 Å². The largest absolute Gasteiger partial charge is 0.478 e. The predicted octanol–water partition coefficient (Wildman–Crippen LogP) is 0.821. The first-order valence-electron chi connectivity index (χ1n) is 5.38. The standard InChI is InChI=1S/C12H17NO4/c1-8(11(14)13(2)3)6-9(12(15)16)4-5-10-7-17-10/h6,10H,1,4-5,7H2,2-3H3,(H,15,16). The van der Waals surface area contributed by atoms with Crippen LogP contribution in [0.15, 0.2) is 23.8 Å². The molecule has 17 heavy (non-hydrogen) atoms. The summed E-state index contributed by atoms with van der Waals surface area (Å²) in [6.45, 7) is 4.28. The summed E-state index contributed by atoms with van der Waals surface area (Å²) in [4.78, 5) is 23.9. The van der Waals surface area contributed by atoms with Gasteiger partial charge in [0.05, 0.1) is 12.7 Å². The van der Waals surface area contributed by atoms with E-state index in [0.717, 1.165) is 0 Å². The van der Waals surface area contributed by atoms with Crippen molar-refractivity contribution in [3.63, 3.8) is 0 Å². The Morgan fingerprint density at radius 2 is 2.12 bits per heavy atom. The Balaban J connectivity index is 2.63. The zero-order chi connectivity index (χ0) is 13.0. The summed E-state index contributed by atoms with van der Waals surface area (Å²) in [5.74, 6) is -1.30. The van der Waals surface area contributed by atoms with Gasteiger partial charge in [0, 0.05) is 25.2 Å². The lowest BCUT2D eigenvalue weighted by Gasteiger charge is -2.10. The fourth-order valence-electron chi connectivity index (χ4n) is 1.35. The van der Waals surface area contributed by atoms with Crippen molar-refractivity contribution in [1.82, 2.24) is 4.90 Å². The topological polar surface area (TPSA) is 70.1 Å². The van der Waals surface area contributed by atoms with Crippen LogP contribution in [0.1, 0.15) is 12.8 Å². The summed E-state index contributed by atoms with van der Waals surface area (Å²) in [6.07, 6.45) is 2.57. The van der Waals surface area contributed by atoms with Gasteiger partial charge in [0.2, 0.25) is 0 Å². The maximum absolute atomic E-state index is 11.5. The Kier molecular flexibility index (Phi) is 4.45. The van der Waals surface area contributed by atoms with Gasteiger partial charge in [-0.1, -0.05) is 6.58 Å². The van der Waals surface area contributed by atoms with Gasteiger partial charge < -0.3 is 14.7 Å². The van der Waals surface area contributed by atoms with Gasteiger partial charge in [-0.15, -0.1) is 0 Å². The molecule has 0 bridgehead atoms. The van der Waals surface area contributed by atoms with E-state index in [1.807, 2.05) is 0 Å². The van der Waals surface area contributed by atoms with Crippen LogP contribution in [-0.2, 0) is 14.3 Å². The average molecular weight is 239 g/mol. The molecule has 1 saturated heterocycles. The van der Waals surface area contributed by atoms with Crippen LogP contribution in [-0.4, -0.2) is 48.7 Å². The summed E-state index contributed by atoms with van der Waals surface area (Å²) in [5.41, 5.74) is 0.379. The van der Waals surface area contributed by atoms with Crippen LogP contribution >= 0.6 is 0 Å². The minimum Gasteiger partial charge on any atom is -0.478 e. The third kappa shape index (κ3) is 4.40. The number of carboxylic acid groups (broad SMARTS) is 1. The molecule has 1 unspecified atom stereocenters. The molecule has 0 aromatic heterocycles. The van der Waals surface area contributed by atoms with Crippen LogP contribution < -0.4 is 0 Å². The summed E-state index contributed by atoms with van der Waals surface area (Å²) in [6, 6.07) is 0. The van der Waals surface area contributed by atoms with Crippen LogP contribution in [0, 0.1) is 0 Å². The highest BCUT2D eigenvalue weighted by Crippen LogP contribution is 2.19. The maximum atomic E-state index is 11.5. The molecular weight excluding hydrogens is 222 g/mol. The predicted molar refractivity (Wildman–Crippen MR) is 62.5 cm³/mol. The Morgan fingerprint density at radius 3 is 2.53 bits per heavy atom. The SMILES string of the molecule is C=C(C=C(CCC1CO1)C(=O)O)C(=O)N(C)C. The molecule has 0 aromatic rings. The maximum Gasteiger partial charge on any atom is 0.331 e. The number of rotatable bonds is 6. The van der Waals surface area contributed by atoms with E-state index in [4.69, 9.17) is 9.84 Å². The lowest BCUT2D eigenvalue weighted by Crippen LogP contribution is -2.22. The van der Waals surface area contributed by atoms with Crippen LogP contribution in [0.2, 0.25) is 0 Å². The van der Waals surface area contributed by atoms with Crippen LogP contribution in [0.25, 0.3) is 0 Å². The molecule has 1 aliphatic heterocycles. The molecule has 1 amide bonds. The molecule has 0 aliphatic carbocycles. The van der Waals surface area contributed by atoms with Crippen LogP contribution in [0.4, 0.5) is 0 Å². The molecule has 5 heteroatoms. The zero-order valence-corrected chi connectivity index (χ0v) is 10.1. The van der Waals surface area contributed by atoms with Gasteiger partial charge in [-0.25, -0.2) is 4.79 Å². The molecule has 1 N–H and O–H groups in total. The lowest BCUT2D eigenvalue weighted by molar-refractivity contribution is -0.132. The number of epoxide rings is 1. The Hall–Kier alpha value is -1.62. The molecule has 0 spiro atoms. The van der Waals surface area contributed by atoms with Gasteiger partial charge in [0.1, 0.15) is 0 Å². The number of likely N-dealkylation sites (N-methyl/N-ethyl adjacent to an activating group) is 1. The average Bonchev–Trinajstić information content (AvgIpc) is 3.05. The molecule has 1 rings (SSSR count). The summed E-state index contributed by atoms with van der Waals surface area (Å²) in [7, 11) is 3.19. The first-order valence-corrected chi connectivity index (χ1v) is 5.38. The summed E-state index contributed by atoms with van der Waals surface area (Å²) < 4.78 is 5.01. The van der Waals surface area contributed by atoms with E-state index in [1.54, 1.807) is 14.1 Å². The number of carboxylic acids is 1. The molecule has 1 fully saturated rings. The first-order chi connectivity index (χ1) is 7.91. The quantitative estimate of drug-likeness (QED) is 0.423. The molecule has 94 valence electrons. The molecular formula is C12H17NO4. The number of hydrogen-bond donors (Lipinski definition) is 1. The smallest absolute Gasteiger partial charge is 0.331 e. The third-order valence-electron chi connectivity index (χ3n) is 2.44. The van der Waals surface area contributed by atoms with E-state index in [1.165, 1.54) is 11.0 Å². The van der Waals surface area contributed by atoms with E-state index >= 15 is 0 Å². The number of carbonyl (C=O) groups is 2. The van der Waals surface area contributed by atoms with Gasteiger partial charge in [-0.2, -0.15) is 0 Å². The summed E-state index contributed by atoms with van der Waals surface area (Å²) in [5, 5.41) is 9.00. The van der Waals surface area contributed by atoms with Crippen molar-refractivity contribution in [2.24, 2.45) is 0 Å². The fourth-order valence-corrected chi connectivity index (χ4v) is 1.35. The second-order valence-corrected chi connectivity index (χ2v) is 4.19. The highest BCUT2D eigenvalue weighted by molar-refractivity contribution is 5.98. The molecule has 0 radical (unpaired) electrons. The van der Waals surface area contributed by atoms with Crippen molar-refractivity contribution < 1.29 is 19.4 Å². The van der Waals surface area contributed by atoms with Gasteiger partial charge >= 0.3 is 5.97 Å². The van der Waals surface area contributed by atoms with Crippen molar-refractivity contribution in [3.05, 3.63) is 23.8 Å². The van der Waals surface area contributed by atoms with E-state index in [9.17, 15) is 9.59 Å². The number of hydrogen-bond acceptors (Lipinski definition) is 3. The van der Waals surface area contributed by atoms with E-state index in [0.29, 0.717) is 19.4 Å². The first kappa shape index (κ1) is 13.4. The zero-order valence-electron chi connectivity index (χ0n) is 10.1. The van der Waals surface area contributed by atoms with E-state index in [-0.39, 0.29) is 23.2 Å². The molecule has 1 atom stereocenters. The third-order valence-corrected chi connectivity index (χ3v) is 2.44. The molecule has 0 saturated carbocycles. The molecule has 1 aliphatic rings. The Bertz CT molecular complexity index is 367. The highest BCUT2D eigenvalue weighted by atomic mass is 16.6. The number of aliphatic carboxylic acids is 1. The fraction of sp³-hybridized carbons (Fsp3) is 0.500. The van der Waals surface area contributed by atoms with Gasteiger partial charge in [-0.05, 0) is 18.9 Å². The van der Waals surface area contributed by atoms with Gasteiger partial charge in [0.15, 0.2) is 0 Å². The van der Waals surface area contributed by atoms with Crippen molar-refractivity contribution in [2.45, 2.75) is 18.9 Å². The number of amides is 1. The van der Waals surface area contributed by atoms with Gasteiger partial charge in [0.25, 0.3) is 5.91 Å². The van der Waals surface area contributed by atoms with Crippen molar-refractivity contribution in [3.8, 4) is 0 Å². The van der Waals surface area contributed by atoms with E-state index < -0.39 is 5.97 Å². The number of carbonyl (C=O) groups excluding carboxylic acids is 1. The summed E-state index contributed by atoms with van der Waals surface area (Å²) >= 11 is 0. The molecule has 0 aromatic carbocycles. The second kappa shape index (κ2) is 5.63. The van der Waals surface area contributed by atoms with Gasteiger partial charge in [-0.3, -0.25) is 4.79 Å². The Labute approximate surface area is 100 Å². The van der Waals surface area contributed by atoms with Crippen molar-refractivity contribution >= 4 is 11.9 Å². The van der Waals surface area contributed by atoms with E-state index in [2.05, 4.69) is 6.58 Å². The van der Waals surface area contributed by atoms with Crippen LogP contribution in [0.5, 0.6) is 0 Å². The number of ether oxygens (including phenoxy) is 1. The van der Waals surface area contributed by atoms with Crippen LogP contribution in [0.3, 0.4) is 0 Å². The highest BCUT2D eigenvalue weighted by Gasteiger charge is 2.23. The minimum absolute atomic E-state index is 0.176. The normalized spacial score (nSPS) is 18.7.